The van der Waals surface area contributed by atoms with Crippen molar-refractivity contribution in [3.05, 3.63) is 122 Å². The zero-order valence-corrected chi connectivity index (χ0v) is 35.4. The molecule has 0 aromatic carbocycles. The van der Waals surface area contributed by atoms with E-state index in [-0.39, 0.29) is 26.2 Å². The molecule has 0 heterocycles. The highest BCUT2D eigenvalue weighted by atomic mass is 31.2. The molecule has 0 aromatic heterocycles. The van der Waals surface area contributed by atoms with Crippen molar-refractivity contribution in [2.45, 2.75) is 141 Å². The van der Waals surface area contributed by atoms with Crippen molar-refractivity contribution in [1.82, 2.24) is 0 Å². The monoisotopic (exact) mass is 798 g/mol. The number of phosphoric acid groups is 1. The molecule has 2 unspecified atom stereocenters. The Bertz CT molecular complexity index is 1260. The van der Waals surface area contributed by atoms with Crippen LogP contribution in [0.2, 0.25) is 0 Å². The number of hydrogen-bond donors (Lipinski definition) is 3. The third-order valence-electron chi connectivity index (χ3n) is 8.09. The summed E-state index contributed by atoms with van der Waals surface area (Å²) in [5.41, 5.74) is 5.20. The van der Waals surface area contributed by atoms with E-state index in [1.54, 1.807) is 0 Å². The van der Waals surface area contributed by atoms with Gasteiger partial charge in [0.1, 0.15) is 12.7 Å². The van der Waals surface area contributed by atoms with Gasteiger partial charge in [0.25, 0.3) is 0 Å². The number of ether oxygens (including phenoxy) is 1. The summed E-state index contributed by atoms with van der Waals surface area (Å²) in [5.74, 6) is -0.400. The number of rotatable bonds is 38. The van der Waals surface area contributed by atoms with Crippen LogP contribution in [0.3, 0.4) is 0 Å². The molecule has 0 fully saturated rings. The molecule has 0 aromatic rings. The average Bonchev–Trinajstić information content (AvgIpc) is 3.19. The maximum atomic E-state index is 11.8. The first-order valence-corrected chi connectivity index (χ1v) is 22.6. The first-order chi connectivity index (χ1) is 27.4. The first kappa shape index (κ1) is 52.9. The third-order valence-corrected chi connectivity index (χ3v) is 9.08. The Morgan fingerprint density at radius 2 is 0.893 bits per heavy atom. The minimum atomic E-state index is -4.26. The number of nitrogens with two attached hydrogens (primary N) is 1. The Hall–Kier alpha value is -3.10. The second-order valence-corrected chi connectivity index (χ2v) is 14.8. The van der Waals surface area contributed by atoms with Crippen molar-refractivity contribution in [2.75, 3.05) is 26.4 Å². The molecule has 0 aliphatic rings. The van der Waals surface area contributed by atoms with Crippen LogP contribution < -0.4 is 5.73 Å². The summed E-state index contributed by atoms with van der Waals surface area (Å²) in [6.07, 6.45) is 63.7. The Balaban J connectivity index is 3.57. The number of phosphoric ester groups is 1. The van der Waals surface area contributed by atoms with E-state index in [1.165, 1.54) is 25.7 Å². The van der Waals surface area contributed by atoms with Gasteiger partial charge in [-0.2, -0.15) is 0 Å². The molecule has 8 nitrogen and oxygen atoms in total. The van der Waals surface area contributed by atoms with Crippen LogP contribution in [0, 0.1) is 0 Å². The van der Waals surface area contributed by atoms with E-state index < -0.39 is 26.5 Å². The summed E-state index contributed by atoms with van der Waals surface area (Å²) in [6, 6.07) is 0. The van der Waals surface area contributed by atoms with Gasteiger partial charge in [-0.05, 0) is 83.5 Å². The summed E-state index contributed by atoms with van der Waals surface area (Å²) in [6.45, 7) is 1.31. The maximum absolute atomic E-state index is 11.8. The van der Waals surface area contributed by atoms with Crippen LogP contribution in [0.5, 0.6) is 0 Å². The lowest BCUT2D eigenvalue weighted by atomic mass is 10.1. The zero-order valence-electron chi connectivity index (χ0n) is 34.6. The zero-order chi connectivity index (χ0) is 40.9. The number of carbonyl (C=O) groups excluding carboxylic acids is 1. The topological polar surface area (TPSA) is 128 Å². The number of unbranched alkanes of at least 4 members (excludes halogenated alkanes) is 8. The molecule has 0 amide bonds. The van der Waals surface area contributed by atoms with Gasteiger partial charge >= 0.3 is 13.8 Å². The van der Waals surface area contributed by atoms with Crippen molar-refractivity contribution in [3.8, 4) is 0 Å². The summed E-state index contributed by atoms with van der Waals surface area (Å²) < 4.78 is 25.7. The van der Waals surface area contributed by atoms with E-state index >= 15 is 0 Å². The lowest BCUT2D eigenvalue weighted by Crippen LogP contribution is -2.23. The lowest BCUT2D eigenvalue weighted by molar-refractivity contribution is -0.147. The van der Waals surface area contributed by atoms with Crippen molar-refractivity contribution >= 4 is 13.8 Å². The average molecular weight is 798 g/mol. The van der Waals surface area contributed by atoms with Gasteiger partial charge in [0.15, 0.2) is 0 Å². The predicted molar refractivity (Wildman–Crippen MR) is 237 cm³/mol. The smallest absolute Gasteiger partial charge is 0.463 e. The van der Waals surface area contributed by atoms with E-state index in [9.17, 15) is 19.4 Å². The standard InChI is InChI=1S/C47H76NO7P/c1-2-3-4-5-6-7-8-9-10-11-12-13-14-15-16-17-18-19-20-21-22-23-24-25-26-27-28-29-30-31-32-33-34-35-36-37-38-39-40-41-47(50)53-44-46(49)45-55-56(51,52)54-43-42-48/h3-4,6-7,9-10,12-13,15-16,18-19,21-22,24-25,27-28,30-31,46,49H,2,5,8,11,14,17,20,23,26,29,32-45,48H2,1H3,(H,51,52)/b4-3-,7-6-,10-9-,13-12-,16-15-,19-18-,22-21-,25-24-,28-27-,31-30-. The lowest BCUT2D eigenvalue weighted by Gasteiger charge is -2.15. The largest absolute Gasteiger partial charge is 0.472 e. The van der Waals surface area contributed by atoms with Gasteiger partial charge in [-0.3, -0.25) is 13.8 Å². The molecule has 2 atom stereocenters. The second-order valence-electron chi connectivity index (χ2n) is 13.3. The van der Waals surface area contributed by atoms with Crippen LogP contribution in [0.1, 0.15) is 135 Å². The normalized spacial score (nSPS) is 14.7. The fraction of sp³-hybridized carbons (Fsp3) is 0.553. The highest BCUT2D eigenvalue weighted by Crippen LogP contribution is 2.42. The molecule has 316 valence electrons. The molecule has 0 aliphatic heterocycles. The van der Waals surface area contributed by atoms with Crippen LogP contribution in [-0.4, -0.2) is 48.4 Å². The van der Waals surface area contributed by atoms with Crippen LogP contribution in [0.25, 0.3) is 0 Å². The van der Waals surface area contributed by atoms with E-state index in [4.69, 9.17) is 10.5 Å². The van der Waals surface area contributed by atoms with Gasteiger partial charge in [-0.1, -0.05) is 167 Å². The Morgan fingerprint density at radius 1 is 0.536 bits per heavy atom. The van der Waals surface area contributed by atoms with E-state index in [1.807, 2.05) is 0 Å². The van der Waals surface area contributed by atoms with Crippen LogP contribution >= 0.6 is 7.82 Å². The molecule has 0 saturated heterocycles. The summed E-state index contributed by atoms with van der Waals surface area (Å²) >= 11 is 0. The molecule has 0 aliphatic carbocycles. The molecule has 0 spiro atoms. The molecular formula is C47H76NO7P. The van der Waals surface area contributed by atoms with Gasteiger partial charge in [0.2, 0.25) is 0 Å². The molecule has 0 bridgehead atoms. The SMILES string of the molecule is CC/C=C\C/C=C\C/C=C\C/C=C\C/C=C\C/C=C\C/C=C\C/C=C\C/C=C\C/C=C\CCCCCCCCCCC(=O)OCC(O)COP(=O)(O)OCCN. The minimum absolute atomic E-state index is 0.0673. The Kier molecular flexibility index (Phi) is 40.6. The quantitative estimate of drug-likeness (QED) is 0.0244. The number of carbonyl (C=O) groups is 1. The van der Waals surface area contributed by atoms with Crippen LogP contribution in [0.15, 0.2) is 122 Å². The van der Waals surface area contributed by atoms with E-state index in [2.05, 4.69) is 137 Å². The summed E-state index contributed by atoms with van der Waals surface area (Å²) in [7, 11) is -4.26. The fourth-order valence-corrected chi connectivity index (χ4v) is 5.78. The molecule has 4 N–H and O–H groups in total. The van der Waals surface area contributed by atoms with Crippen LogP contribution in [-0.2, 0) is 23.1 Å². The second kappa shape index (κ2) is 43.0. The number of allylic oxidation sites excluding steroid dienone is 20. The van der Waals surface area contributed by atoms with Gasteiger partial charge in [0.05, 0.1) is 13.2 Å². The molecule has 0 saturated carbocycles. The minimum Gasteiger partial charge on any atom is -0.463 e. The number of esters is 1. The van der Waals surface area contributed by atoms with Crippen molar-refractivity contribution in [3.63, 3.8) is 0 Å². The molecule has 56 heavy (non-hydrogen) atoms. The van der Waals surface area contributed by atoms with Crippen molar-refractivity contribution in [2.24, 2.45) is 5.73 Å². The summed E-state index contributed by atoms with van der Waals surface area (Å²) in [5, 5.41) is 9.77. The maximum Gasteiger partial charge on any atom is 0.472 e. The highest BCUT2D eigenvalue weighted by Gasteiger charge is 2.22. The van der Waals surface area contributed by atoms with Gasteiger partial charge < -0.3 is 20.5 Å². The van der Waals surface area contributed by atoms with Gasteiger partial charge in [0, 0.05) is 13.0 Å². The summed E-state index contributed by atoms with van der Waals surface area (Å²) in [4.78, 5) is 21.2. The fourth-order valence-electron chi connectivity index (χ4n) is 5.01. The highest BCUT2D eigenvalue weighted by molar-refractivity contribution is 7.47. The number of aliphatic hydroxyl groups excluding tert-OH is 1. The van der Waals surface area contributed by atoms with Crippen molar-refractivity contribution in [1.29, 1.82) is 0 Å². The molecule has 0 radical (unpaired) electrons. The Morgan fingerprint density at radius 3 is 1.29 bits per heavy atom. The van der Waals surface area contributed by atoms with Crippen molar-refractivity contribution < 1.29 is 33.1 Å². The van der Waals surface area contributed by atoms with Gasteiger partial charge in [-0.25, -0.2) is 4.57 Å². The van der Waals surface area contributed by atoms with E-state index in [0.717, 1.165) is 96.3 Å². The Labute approximate surface area is 341 Å². The van der Waals surface area contributed by atoms with Gasteiger partial charge in [-0.15, -0.1) is 0 Å². The molecular weight excluding hydrogens is 721 g/mol. The number of hydrogen-bond acceptors (Lipinski definition) is 7. The first-order valence-electron chi connectivity index (χ1n) is 21.1. The predicted octanol–water partition coefficient (Wildman–Crippen LogP) is 12.4. The van der Waals surface area contributed by atoms with E-state index in [0.29, 0.717) is 0 Å². The van der Waals surface area contributed by atoms with Crippen LogP contribution in [0.4, 0.5) is 0 Å². The molecule has 0 rings (SSSR count). The molecule has 9 heteroatoms. The number of aliphatic hydroxyl groups is 1. The third kappa shape index (κ3) is 43.6.